The number of hydrogen-bond donors (Lipinski definition) is 1. The lowest BCUT2D eigenvalue weighted by atomic mass is 10.1. The van der Waals surface area contributed by atoms with E-state index in [9.17, 15) is 9.18 Å². The zero-order chi connectivity index (χ0) is 15.6. The first-order valence-corrected chi connectivity index (χ1v) is 6.82. The van der Waals surface area contributed by atoms with Gasteiger partial charge in [0.25, 0.3) is 5.91 Å². The molecule has 0 saturated heterocycles. The van der Waals surface area contributed by atoms with Gasteiger partial charge in [-0.2, -0.15) is 0 Å². The monoisotopic (exact) mass is 290 g/mol. The van der Waals surface area contributed by atoms with Crippen molar-refractivity contribution >= 4 is 5.91 Å². The number of aryl methyl sites for hydroxylation is 1. The molecule has 0 saturated carbocycles. The summed E-state index contributed by atoms with van der Waals surface area (Å²) >= 11 is 0. The third kappa shape index (κ3) is 3.26. The lowest BCUT2D eigenvalue weighted by molar-refractivity contribution is 0.0949. The van der Waals surface area contributed by atoms with Crippen LogP contribution in [0.1, 0.15) is 47.3 Å². The Hall–Kier alpha value is -2.24. The van der Waals surface area contributed by atoms with E-state index in [0.717, 1.165) is 5.82 Å². The highest BCUT2D eigenvalue weighted by molar-refractivity contribution is 5.95. The minimum absolute atomic E-state index is 0.249. The molecule has 0 spiro atoms. The highest BCUT2D eigenvalue weighted by Gasteiger charge is 2.14. The van der Waals surface area contributed by atoms with E-state index in [1.807, 2.05) is 25.5 Å². The van der Waals surface area contributed by atoms with Crippen LogP contribution in [0.15, 0.2) is 18.2 Å². The number of rotatable bonds is 4. The molecule has 6 heteroatoms. The maximum atomic E-state index is 13.0. The number of nitrogens with one attached hydrogen (secondary N) is 1. The van der Waals surface area contributed by atoms with Crippen LogP contribution in [0.4, 0.5) is 4.39 Å². The van der Waals surface area contributed by atoms with Crippen LogP contribution in [0.5, 0.6) is 0 Å². The van der Waals surface area contributed by atoms with Crippen molar-refractivity contribution in [3.05, 3.63) is 46.8 Å². The average Bonchev–Trinajstić information content (AvgIpc) is 2.77. The molecule has 1 heterocycles. The van der Waals surface area contributed by atoms with Crippen LogP contribution >= 0.6 is 0 Å². The van der Waals surface area contributed by atoms with Gasteiger partial charge in [0.2, 0.25) is 0 Å². The van der Waals surface area contributed by atoms with Crippen molar-refractivity contribution < 1.29 is 9.18 Å². The Morgan fingerprint density at radius 3 is 2.67 bits per heavy atom. The summed E-state index contributed by atoms with van der Waals surface area (Å²) in [5.41, 5.74) is 1.07. The van der Waals surface area contributed by atoms with Crippen molar-refractivity contribution in [3.63, 3.8) is 0 Å². The van der Waals surface area contributed by atoms with Crippen LogP contribution < -0.4 is 5.32 Å². The third-order valence-corrected chi connectivity index (χ3v) is 3.36. The summed E-state index contributed by atoms with van der Waals surface area (Å²) in [5.74, 6) is 1.23. The predicted molar refractivity (Wildman–Crippen MR) is 77.4 cm³/mol. The minimum atomic E-state index is -0.348. The van der Waals surface area contributed by atoms with Crippen LogP contribution in [0.25, 0.3) is 0 Å². The van der Waals surface area contributed by atoms with Gasteiger partial charge >= 0.3 is 0 Å². The molecule has 112 valence electrons. The van der Waals surface area contributed by atoms with Crippen LogP contribution in [-0.4, -0.2) is 20.7 Å². The van der Waals surface area contributed by atoms with Crippen molar-refractivity contribution in [3.8, 4) is 0 Å². The lowest BCUT2D eigenvalue weighted by Gasteiger charge is -2.09. The number of halogens is 1. The molecule has 21 heavy (non-hydrogen) atoms. The quantitative estimate of drug-likeness (QED) is 0.940. The topological polar surface area (TPSA) is 59.8 Å². The van der Waals surface area contributed by atoms with Crippen LogP contribution in [-0.2, 0) is 13.6 Å². The Morgan fingerprint density at radius 2 is 2.10 bits per heavy atom. The molecular formula is C15H19FN4O. The highest BCUT2D eigenvalue weighted by atomic mass is 19.1. The molecule has 0 fully saturated rings. The first kappa shape index (κ1) is 15.2. The van der Waals surface area contributed by atoms with Crippen molar-refractivity contribution in [2.75, 3.05) is 0 Å². The molecular weight excluding hydrogens is 271 g/mol. The fourth-order valence-corrected chi connectivity index (χ4v) is 2.17. The summed E-state index contributed by atoms with van der Waals surface area (Å²) < 4.78 is 14.9. The second kappa shape index (κ2) is 6.03. The molecule has 1 aromatic carbocycles. The van der Waals surface area contributed by atoms with Gasteiger partial charge in [-0.25, -0.2) is 4.39 Å². The van der Waals surface area contributed by atoms with Crippen molar-refractivity contribution in [2.24, 2.45) is 7.05 Å². The molecule has 0 atom stereocenters. The number of nitrogens with zero attached hydrogens (tertiary/aromatic N) is 3. The molecule has 0 aliphatic heterocycles. The fraction of sp³-hybridized carbons (Fsp3) is 0.400. The van der Waals surface area contributed by atoms with E-state index in [-0.39, 0.29) is 24.2 Å². The number of hydrogen-bond acceptors (Lipinski definition) is 3. The van der Waals surface area contributed by atoms with Gasteiger partial charge in [-0.3, -0.25) is 4.79 Å². The average molecular weight is 290 g/mol. The molecule has 0 aliphatic carbocycles. The van der Waals surface area contributed by atoms with Gasteiger partial charge < -0.3 is 9.88 Å². The molecule has 0 radical (unpaired) electrons. The second-order valence-corrected chi connectivity index (χ2v) is 5.33. The summed E-state index contributed by atoms with van der Waals surface area (Å²) in [6.45, 7) is 6.06. The smallest absolute Gasteiger partial charge is 0.251 e. The molecule has 1 N–H and O–H groups in total. The SMILES string of the molecule is Cc1cc(F)ccc1C(=O)NCc1nnc(C(C)C)n1C. The van der Waals surface area contributed by atoms with E-state index < -0.39 is 0 Å². The Kier molecular flexibility index (Phi) is 4.35. The van der Waals surface area contributed by atoms with Gasteiger partial charge in [0.05, 0.1) is 6.54 Å². The van der Waals surface area contributed by atoms with Gasteiger partial charge in [0, 0.05) is 18.5 Å². The number of carbonyl (C=O) groups is 1. The van der Waals surface area contributed by atoms with Gasteiger partial charge in [-0.15, -0.1) is 10.2 Å². The maximum Gasteiger partial charge on any atom is 0.251 e. The Labute approximate surface area is 123 Å². The largest absolute Gasteiger partial charge is 0.345 e. The van der Waals surface area contributed by atoms with Crippen molar-refractivity contribution in [1.82, 2.24) is 20.1 Å². The van der Waals surface area contributed by atoms with E-state index in [1.165, 1.54) is 18.2 Å². The van der Waals surface area contributed by atoms with Gasteiger partial charge in [-0.1, -0.05) is 13.8 Å². The molecule has 0 bridgehead atoms. The fourth-order valence-electron chi connectivity index (χ4n) is 2.17. The number of aromatic nitrogens is 3. The van der Waals surface area contributed by atoms with Crippen molar-refractivity contribution in [2.45, 2.75) is 33.2 Å². The number of amides is 1. The number of carbonyl (C=O) groups excluding carboxylic acids is 1. The summed E-state index contributed by atoms with van der Waals surface area (Å²) in [6.07, 6.45) is 0. The standard InChI is InChI=1S/C15H19FN4O/c1-9(2)14-19-18-13(20(14)4)8-17-15(21)12-6-5-11(16)7-10(12)3/h5-7,9H,8H2,1-4H3,(H,17,21). The summed E-state index contributed by atoms with van der Waals surface area (Å²) in [5, 5.41) is 11.0. The third-order valence-electron chi connectivity index (χ3n) is 3.36. The minimum Gasteiger partial charge on any atom is -0.345 e. The Morgan fingerprint density at radius 1 is 1.38 bits per heavy atom. The molecule has 0 aliphatic rings. The van der Waals surface area contributed by atoms with E-state index in [1.54, 1.807) is 6.92 Å². The van der Waals surface area contributed by atoms with E-state index >= 15 is 0 Å². The molecule has 2 rings (SSSR count). The van der Waals surface area contributed by atoms with Gasteiger partial charge in [0.15, 0.2) is 5.82 Å². The molecule has 1 amide bonds. The highest BCUT2D eigenvalue weighted by Crippen LogP contribution is 2.12. The zero-order valence-corrected chi connectivity index (χ0v) is 12.6. The molecule has 1 aromatic heterocycles. The lowest BCUT2D eigenvalue weighted by Crippen LogP contribution is -2.25. The van der Waals surface area contributed by atoms with Gasteiger partial charge in [-0.05, 0) is 30.7 Å². The van der Waals surface area contributed by atoms with E-state index in [0.29, 0.717) is 17.0 Å². The van der Waals surface area contributed by atoms with Crippen LogP contribution in [0.3, 0.4) is 0 Å². The summed E-state index contributed by atoms with van der Waals surface area (Å²) in [6, 6.07) is 4.10. The first-order valence-electron chi connectivity index (χ1n) is 6.82. The molecule has 0 unspecified atom stereocenters. The Balaban J connectivity index is 2.08. The second-order valence-electron chi connectivity index (χ2n) is 5.33. The molecule has 2 aromatic rings. The molecule has 5 nitrogen and oxygen atoms in total. The maximum absolute atomic E-state index is 13.0. The van der Waals surface area contributed by atoms with Gasteiger partial charge in [0.1, 0.15) is 11.6 Å². The zero-order valence-electron chi connectivity index (χ0n) is 12.6. The van der Waals surface area contributed by atoms with E-state index in [2.05, 4.69) is 15.5 Å². The van der Waals surface area contributed by atoms with Crippen LogP contribution in [0, 0.1) is 12.7 Å². The van der Waals surface area contributed by atoms with Crippen molar-refractivity contribution in [1.29, 1.82) is 0 Å². The van der Waals surface area contributed by atoms with Crippen LogP contribution in [0.2, 0.25) is 0 Å². The summed E-state index contributed by atoms with van der Waals surface area (Å²) in [4.78, 5) is 12.1. The predicted octanol–water partition coefficient (Wildman–Crippen LogP) is 2.32. The number of benzene rings is 1. The first-order chi connectivity index (χ1) is 9.90. The normalized spacial score (nSPS) is 11.0. The van der Waals surface area contributed by atoms with E-state index in [4.69, 9.17) is 0 Å². The Bertz CT molecular complexity index is 664. The summed E-state index contributed by atoms with van der Waals surface area (Å²) in [7, 11) is 1.87.